The fraction of sp³-hybridized carbons (Fsp3) is 0.429. The smallest absolute Gasteiger partial charge is 0.309 e. The molecule has 2 aromatic rings. The Kier molecular flexibility index (Phi) is 7.06. The summed E-state index contributed by atoms with van der Waals surface area (Å²) >= 11 is 0. The average molecular weight is 553 g/mol. The van der Waals surface area contributed by atoms with E-state index in [9.17, 15) is 39.4 Å². The van der Waals surface area contributed by atoms with E-state index in [0.29, 0.717) is 0 Å². The van der Waals surface area contributed by atoms with Crippen molar-refractivity contribution in [3.8, 4) is 11.9 Å². The first kappa shape index (κ1) is 28.5. The van der Waals surface area contributed by atoms with Crippen molar-refractivity contribution in [2.24, 2.45) is 11.8 Å². The highest BCUT2D eigenvalue weighted by molar-refractivity contribution is 6.29. The van der Waals surface area contributed by atoms with Crippen molar-refractivity contribution >= 4 is 29.5 Å². The van der Waals surface area contributed by atoms with Crippen molar-refractivity contribution in [2.75, 3.05) is 0 Å². The van der Waals surface area contributed by atoms with Gasteiger partial charge >= 0.3 is 17.9 Å². The molecule has 1 aromatic carbocycles. The number of aliphatic hydroxyl groups is 1. The van der Waals surface area contributed by atoms with Crippen LogP contribution in [-0.2, 0) is 28.6 Å². The summed E-state index contributed by atoms with van der Waals surface area (Å²) in [5.74, 6) is -6.09. The van der Waals surface area contributed by atoms with E-state index in [2.05, 4.69) is 0 Å². The van der Waals surface area contributed by atoms with Gasteiger partial charge in [0.1, 0.15) is 17.0 Å². The first-order valence-electron chi connectivity index (χ1n) is 12.6. The van der Waals surface area contributed by atoms with Crippen LogP contribution in [0.5, 0.6) is 5.75 Å². The number of phenols is 1. The van der Waals surface area contributed by atoms with Gasteiger partial charge in [0, 0.05) is 18.1 Å². The summed E-state index contributed by atoms with van der Waals surface area (Å²) in [6.45, 7) is 8.33. The Balaban J connectivity index is 2.13. The van der Waals surface area contributed by atoms with Crippen LogP contribution in [0.25, 0.3) is 0 Å². The number of ether oxygens (including phenoxy) is 3. The van der Waals surface area contributed by atoms with Crippen molar-refractivity contribution in [3.63, 3.8) is 0 Å². The van der Waals surface area contributed by atoms with Crippen LogP contribution >= 0.6 is 0 Å². The van der Waals surface area contributed by atoms with Crippen LogP contribution in [0.1, 0.15) is 97.0 Å². The molecule has 4 rings (SSSR count). The van der Waals surface area contributed by atoms with E-state index in [4.69, 9.17) is 14.2 Å². The molecule has 2 aliphatic carbocycles. The van der Waals surface area contributed by atoms with Crippen LogP contribution in [0.3, 0.4) is 0 Å². The number of hydrogen-bond acceptors (Lipinski definition) is 11. The van der Waals surface area contributed by atoms with Crippen molar-refractivity contribution in [3.05, 3.63) is 51.8 Å². The van der Waals surface area contributed by atoms with Gasteiger partial charge in [-0.3, -0.25) is 24.0 Å². The van der Waals surface area contributed by atoms with Crippen LogP contribution in [0.4, 0.5) is 0 Å². The summed E-state index contributed by atoms with van der Waals surface area (Å²) in [7, 11) is 0. The molecule has 12 heteroatoms. The zero-order valence-corrected chi connectivity index (χ0v) is 22.7. The number of phenolic OH excluding ortho intramolecular Hbond substituents is 1. The van der Waals surface area contributed by atoms with Gasteiger partial charge in [-0.15, -0.1) is 0 Å². The predicted molar refractivity (Wildman–Crippen MR) is 134 cm³/mol. The fourth-order valence-corrected chi connectivity index (χ4v) is 4.98. The standard InChI is InChI=1S/C28H28N2O10/c1-11(2)26(35)39-24-20-18(23(38-13(5)31)25(28(24,6)37)40-27(36)12(3)4)17-19(30(20)10-29)22(34)16-14(21(17)33)8-7-9-15(16)32/h7-9,11-12,23-25,32,37H,1-6H3/t23-,24+,25+,28+/m0/s1. The minimum atomic E-state index is -2.32. The van der Waals surface area contributed by atoms with Gasteiger partial charge in [0.25, 0.3) is 0 Å². The number of carbonyl (C=O) groups excluding carboxylic acids is 5. The molecule has 40 heavy (non-hydrogen) atoms. The highest BCUT2D eigenvalue weighted by Crippen LogP contribution is 2.52. The van der Waals surface area contributed by atoms with Crippen LogP contribution < -0.4 is 0 Å². The van der Waals surface area contributed by atoms with Gasteiger partial charge in [0.2, 0.25) is 5.78 Å². The Hall–Kier alpha value is -4.50. The molecule has 0 saturated heterocycles. The first-order valence-corrected chi connectivity index (χ1v) is 12.6. The van der Waals surface area contributed by atoms with Crippen molar-refractivity contribution in [2.45, 2.75) is 65.5 Å². The Morgan fingerprint density at radius 1 is 1.00 bits per heavy atom. The zero-order valence-electron chi connectivity index (χ0n) is 22.7. The Labute approximate surface area is 229 Å². The number of hydrogen-bond donors (Lipinski definition) is 2. The van der Waals surface area contributed by atoms with Crippen LogP contribution in [-0.4, -0.2) is 56.0 Å². The van der Waals surface area contributed by atoms with Gasteiger partial charge in [-0.1, -0.05) is 39.8 Å². The van der Waals surface area contributed by atoms with Gasteiger partial charge in [0.15, 0.2) is 30.3 Å². The molecule has 0 fully saturated rings. The summed E-state index contributed by atoms with van der Waals surface area (Å²) in [6.07, 6.45) is -3.37. The normalized spacial score (nSPS) is 23.1. The van der Waals surface area contributed by atoms with Crippen LogP contribution in [0.15, 0.2) is 18.2 Å². The maximum absolute atomic E-state index is 13.9. The highest BCUT2D eigenvalue weighted by Gasteiger charge is 2.60. The molecule has 1 aromatic heterocycles. The van der Waals surface area contributed by atoms with Crippen molar-refractivity contribution in [1.29, 1.82) is 5.26 Å². The van der Waals surface area contributed by atoms with E-state index in [-0.39, 0.29) is 27.9 Å². The summed E-state index contributed by atoms with van der Waals surface area (Å²) in [4.78, 5) is 65.4. The van der Waals surface area contributed by atoms with E-state index >= 15 is 0 Å². The van der Waals surface area contributed by atoms with Gasteiger partial charge in [-0.05, 0) is 13.0 Å². The number of ketones is 2. The lowest BCUT2D eigenvalue weighted by Gasteiger charge is -2.45. The third-order valence-electron chi connectivity index (χ3n) is 6.93. The van der Waals surface area contributed by atoms with E-state index in [1.807, 2.05) is 0 Å². The van der Waals surface area contributed by atoms with Gasteiger partial charge < -0.3 is 24.4 Å². The summed E-state index contributed by atoms with van der Waals surface area (Å²) in [5, 5.41) is 32.5. The second kappa shape index (κ2) is 9.91. The molecule has 0 bridgehead atoms. The SMILES string of the molecule is CC(=O)O[C@H]1c2c3c(n(C#N)c2[C@@H](OC(=O)C(C)C)[C@@](C)(O)[C@@H]1OC(=O)C(C)C)C(=O)c1c(O)cccc1C3=O. The van der Waals surface area contributed by atoms with E-state index in [1.165, 1.54) is 52.8 Å². The molecule has 2 N–H and O–H groups in total. The molecule has 0 amide bonds. The summed E-state index contributed by atoms with van der Waals surface area (Å²) in [5.41, 5.74) is -4.23. The quantitative estimate of drug-likeness (QED) is 0.350. The number of aromatic nitrogens is 1. The van der Waals surface area contributed by atoms with Gasteiger partial charge in [-0.2, -0.15) is 5.26 Å². The largest absolute Gasteiger partial charge is 0.507 e. The molecule has 4 atom stereocenters. The molecule has 0 aliphatic heterocycles. The van der Waals surface area contributed by atoms with E-state index < -0.39 is 76.7 Å². The second-order valence-electron chi connectivity index (χ2n) is 10.6. The highest BCUT2D eigenvalue weighted by atomic mass is 16.6. The monoisotopic (exact) mass is 552 g/mol. The fourth-order valence-electron chi connectivity index (χ4n) is 4.98. The first-order chi connectivity index (χ1) is 18.6. The summed E-state index contributed by atoms with van der Waals surface area (Å²) in [6, 6.07) is 3.86. The molecule has 0 saturated carbocycles. The molecule has 1 heterocycles. The maximum atomic E-state index is 13.9. The molecule has 12 nitrogen and oxygen atoms in total. The predicted octanol–water partition coefficient (Wildman–Crippen LogP) is 2.48. The number of nitriles is 1. The third-order valence-corrected chi connectivity index (χ3v) is 6.93. The Morgan fingerprint density at radius 3 is 2.15 bits per heavy atom. The summed E-state index contributed by atoms with van der Waals surface area (Å²) < 4.78 is 17.5. The van der Waals surface area contributed by atoms with Crippen LogP contribution in [0, 0.1) is 23.3 Å². The van der Waals surface area contributed by atoms with Gasteiger partial charge in [-0.25, -0.2) is 4.57 Å². The topological polar surface area (TPSA) is 182 Å². The minimum Gasteiger partial charge on any atom is -0.507 e. The average Bonchev–Trinajstić information content (AvgIpc) is 3.21. The van der Waals surface area contributed by atoms with E-state index in [0.717, 1.165) is 11.5 Å². The molecule has 0 spiro atoms. The second-order valence-corrected chi connectivity index (χ2v) is 10.6. The maximum Gasteiger partial charge on any atom is 0.309 e. The van der Waals surface area contributed by atoms with Crippen molar-refractivity contribution < 1.29 is 48.4 Å². The molecular weight excluding hydrogens is 524 g/mol. The molecule has 0 unspecified atom stereocenters. The third kappa shape index (κ3) is 4.23. The number of nitrogens with zero attached hydrogens (tertiary/aromatic N) is 2. The molecule has 210 valence electrons. The van der Waals surface area contributed by atoms with E-state index in [1.54, 1.807) is 6.19 Å². The Morgan fingerprint density at radius 2 is 1.60 bits per heavy atom. The van der Waals surface area contributed by atoms with Crippen molar-refractivity contribution in [1.82, 2.24) is 4.57 Å². The zero-order chi connectivity index (χ0) is 29.8. The lowest BCUT2D eigenvalue weighted by molar-refractivity contribution is -0.225. The lowest BCUT2D eigenvalue weighted by atomic mass is 9.75. The molecule has 2 aliphatic rings. The molecule has 0 radical (unpaired) electrons. The van der Waals surface area contributed by atoms with Gasteiger partial charge in [0.05, 0.1) is 28.7 Å². The molecular formula is C28H28N2O10. The lowest BCUT2D eigenvalue weighted by Crippen LogP contribution is -2.56. The number of benzene rings is 1. The number of aromatic hydroxyl groups is 1. The number of rotatable bonds is 5. The number of fused-ring (bicyclic) bond motifs is 4. The van der Waals surface area contributed by atoms with Crippen LogP contribution in [0.2, 0.25) is 0 Å². The number of carbonyl (C=O) groups is 5. The minimum absolute atomic E-state index is 0.180. The Bertz CT molecular complexity index is 1510. The number of esters is 3.